The Morgan fingerprint density at radius 2 is 1.01 bits per heavy atom. The van der Waals surface area contributed by atoms with Crippen LogP contribution in [0.15, 0.2) is 194 Å². The Kier molecular flexibility index (Phi) is 12.0. The van der Waals surface area contributed by atoms with Gasteiger partial charge in [-0.15, -0.1) is 29.7 Å². The number of ether oxygens (including phenoxy) is 1. The summed E-state index contributed by atoms with van der Waals surface area (Å²) in [5.74, 6) is 0.710. The van der Waals surface area contributed by atoms with Crippen molar-refractivity contribution in [3.05, 3.63) is 246 Å². The zero-order chi connectivity index (χ0) is 72.0. The summed E-state index contributed by atoms with van der Waals surface area (Å²) in [5, 5.41) is 1.54. The fourth-order valence-corrected chi connectivity index (χ4v) is 11.1. The molecule has 6 heteroatoms. The maximum absolute atomic E-state index is 9.21. The molecule has 0 saturated heterocycles. The monoisotopic (exact) mass is 1330 g/mol. The second-order valence-electron chi connectivity index (χ2n) is 27.8. The maximum Gasteiger partial charge on any atom is 0.268 e. The predicted molar refractivity (Wildman–Crippen MR) is 360 cm³/mol. The minimum absolute atomic E-state index is 0. The van der Waals surface area contributed by atoms with Gasteiger partial charge in [-0.05, 0) is 136 Å². The van der Waals surface area contributed by atoms with Crippen molar-refractivity contribution in [3.63, 3.8) is 0 Å². The Hall–Kier alpha value is -8.11. The van der Waals surface area contributed by atoms with Crippen molar-refractivity contribution in [2.75, 3.05) is 0 Å². The SMILES string of the molecule is [2H]c1c([2H])c([2H])c(-c2ccc3c(c2)n(-c2[c-]c(Oc4[c-]c5c(cc4)c4ccccc4n5-c4cc(C([2H])([2H])[2H])c(-c5c([2H])c([2H])c([2H])c([2H])c5[2H])cn4)ccc2)[c-][n+]3-c2c(-c3cc(C(C)(C)C)cc(C(C)(C)C)c3)cc(C(C)(C)C)cc2-c2cc(C(C)(C)C)cc(C(C)(C)C)c2)c([2H])c1[2H].[Pt]. The van der Waals surface area contributed by atoms with E-state index in [1.165, 1.54) is 34.5 Å². The van der Waals surface area contributed by atoms with E-state index in [2.05, 4.69) is 175 Å². The van der Waals surface area contributed by atoms with Crippen LogP contribution in [0.4, 0.5) is 0 Å². The van der Waals surface area contributed by atoms with Crippen molar-refractivity contribution in [1.82, 2.24) is 14.1 Å². The number of benzene rings is 9. The molecule has 9 aromatic carbocycles. The zero-order valence-electron chi connectivity index (χ0n) is 65.2. The number of fused-ring (bicyclic) bond motifs is 4. The summed E-state index contributed by atoms with van der Waals surface area (Å²) in [4.78, 5) is 4.76. The Morgan fingerprint density at radius 1 is 0.471 bits per heavy atom. The number of para-hydroxylation sites is 1. The van der Waals surface area contributed by atoms with Gasteiger partial charge in [0.2, 0.25) is 0 Å². The third-order valence-electron chi connectivity index (χ3n) is 16.3. The molecular formula is C81H80N4OPt-2. The second-order valence-corrected chi connectivity index (χ2v) is 27.8. The van der Waals surface area contributed by atoms with Crippen molar-refractivity contribution in [2.45, 2.75) is 138 Å². The van der Waals surface area contributed by atoms with Gasteiger partial charge in [-0.2, -0.15) is 18.2 Å². The van der Waals surface area contributed by atoms with Gasteiger partial charge in [0, 0.05) is 54.0 Å². The van der Waals surface area contributed by atoms with Gasteiger partial charge in [0.05, 0.1) is 30.4 Å². The molecule has 0 unspecified atom stereocenters. The molecule has 3 heterocycles. The fraction of sp³-hybridized carbons (Fsp3) is 0.259. The Labute approximate surface area is 549 Å². The molecule has 0 aliphatic carbocycles. The molecule has 0 fully saturated rings. The van der Waals surface area contributed by atoms with E-state index in [4.69, 9.17) is 24.8 Å². The first kappa shape index (κ1) is 46.1. The average molecular weight is 1330 g/mol. The first-order valence-corrected chi connectivity index (χ1v) is 29.4. The number of aromatic nitrogens is 4. The Balaban J connectivity index is 0.0000101. The van der Waals surface area contributed by atoms with E-state index < -0.39 is 55.2 Å². The van der Waals surface area contributed by atoms with Crippen LogP contribution in [0.2, 0.25) is 0 Å². The summed E-state index contributed by atoms with van der Waals surface area (Å²) in [6, 6.07) is 44.3. The van der Waals surface area contributed by atoms with Gasteiger partial charge in [0.15, 0.2) is 0 Å². The first-order chi connectivity index (χ1) is 46.0. The molecule has 0 spiro atoms. The van der Waals surface area contributed by atoms with E-state index in [-0.39, 0.29) is 99.8 Å². The quantitative estimate of drug-likeness (QED) is 0.107. The summed E-state index contributed by atoms with van der Waals surface area (Å²) < 4.78 is 126. The van der Waals surface area contributed by atoms with Crippen molar-refractivity contribution in [1.29, 1.82) is 0 Å². The predicted octanol–water partition coefficient (Wildman–Crippen LogP) is 21.1. The molecule has 442 valence electrons. The number of hydrogen-bond donors (Lipinski definition) is 0. The van der Waals surface area contributed by atoms with Crippen LogP contribution in [0.5, 0.6) is 11.5 Å². The van der Waals surface area contributed by atoms with Crippen LogP contribution in [-0.4, -0.2) is 14.1 Å². The number of aryl methyl sites for hydroxylation is 1. The smallest absolute Gasteiger partial charge is 0.268 e. The van der Waals surface area contributed by atoms with Crippen molar-refractivity contribution in [3.8, 4) is 73.2 Å². The van der Waals surface area contributed by atoms with E-state index in [1.54, 1.807) is 16.7 Å². The van der Waals surface area contributed by atoms with Gasteiger partial charge in [0.25, 0.3) is 6.33 Å². The topological polar surface area (TPSA) is 35.9 Å². The number of rotatable bonds is 9. The maximum atomic E-state index is 9.21. The van der Waals surface area contributed by atoms with E-state index in [1.807, 2.05) is 65.2 Å². The van der Waals surface area contributed by atoms with Crippen LogP contribution >= 0.6 is 0 Å². The van der Waals surface area contributed by atoms with Crippen LogP contribution in [0, 0.1) is 25.3 Å². The molecule has 0 N–H and O–H groups in total. The summed E-state index contributed by atoms with van der Waals surface area (Å²) >= 11 is 0. The molecule has 5 nitrogen and oxygen atoms in total. The standard InChI is InChI=1S/C81H80N4O.Pt/c1-52-38-75(82-50-70(52)54-28-21-18-22-29-54)85-71-33-24-23-32-66(71)67-36-35-65(49-73(67)85)86-64-31-25-30-63(48-64)83-51-84(72-37-34-55(43-74(72)83)53-26-19-17-20-27-53)76-68(56-39-58(77(2,3)4)44-59(40-56)78(5,6)7)46-62(81(14,15)16)47-69(76)57-41-60(79(8,9)10)45-61(42-57)80(11,12)13;/h17-47,50H,1-16H3;/q-2;/i1D3,17D,18D,19D,20D,21D,22D,26D,27D,28D,29D;. The zero-order valence-corrected chi connectivity index (χ0v) is 54.5. The third-order valence-corrected chi connectivity index (χ3v) is 16.3. The average Bonchev–Trinajstić information content (AvgIpc) is 1.48. The molecule has 3 aromatic heterocycles. The van der Waals surface area contributed by atoms with Crippen molar-refractivity contribution < 1.29 is 48.2 Å². The molecule has 0 radical (unpaired) electrons. The Morgan fingerprint density at radius 3 is 1.57 bits per heavy atom. The van der Waals surface area contributed by atoms with Gasteiger partial charge in [-0.1, -0.05) is 249 Å². The van der Waals surface area contributed by atoms with Gasteiger partial charge >= 0.3 is 0 Å². The van der Waals surface area contributed by atoms with Crippen molar-refractivity contribution in [2.24, 2.45) is 0 Å². The Bertz CT molecular complexity index is 5100. The summed E-state index contributed by atoms with van der Waals surface area (Å²) in [6.07, 6.45) is 5.11. The number of pyridine rings is 1. The second kappa shape index (κ2) is 22.6. The molecule has 0 bridgehead atoms. The van der Waals surface area contributed by atoms with E-state index in [9.17, 15) is 2.74 Å². The molecule has 87 heavy (non-hydrogen) atoms. The van der Waals surface area contributed by atoms with Crippen LogP contribution in [0.25, 0.3) is 94.5 Å². The minimum Gasteiger partial charge on any atom is -0.510 e. The van der Waals surface area contributed by atoms with Gasteiger partial charge in [-0.3, -0.25) is 4.57 Å². The number of hydrogen-bond acceptors (Lipinski definition) is 2. The molecule has 12 rings (SSSR count). The van der Waals surface area contributed by atoms with Crippen LogP contribution in [0.1, 0.15) is 155 Å². The van der Waals surface area contributed by atoms with Crippen molar-refractivity contribution >= 4 is 32.8 Å². The molecule has 0 aliphatic rings. The molecular weight excluding hydrogens is 1240 g/mol. The van der Waals surface area contributed by atoms with Gasteiger partial charge < -0.3 is 13.9 Å². The summed E-state index contributed by atoms with van der Waals surface area (Å²) in [5.41, 5.74) is 12.0. The van der Waals surface area contributed by atoms with Crippen LogP contribution in [-0.2, 0) is 48.1 Å². The van der Waals surface area contributed by atoms with E-state index in [0.717, 1.165) is 44.3 Å². The summed E-state index contributed by atoms with van der Waals surface area (Å²) in [6.45, 7) is 30.8. The van der Waals surface area contributed by atoms with E-state index >= 15 is 0 Å². The fourth-order valence-electron chi connectivity index (χ4n) is 11.1. The number of imidazole rings is 1. The van der Waals surface area contributed by atoms with Gasteiger partial charge in [-0.25, -0.2) is 4.98 Å². The molecule has 12 aromatic rings. The molecule has 0 atom stereocenters. The largest absolute Gasteiger partial charge is 0.510 e. The van der Waals surface area contributed by atoms with Gasteiger partial charge in [0.1, 0.15) is 5.82 Å². The normalized spacial score (nSPS) is 14.8. The molecule has 0 amide bonds. The molecule has 0 saturated carbocycles. The van der Waals surface area contributed by atoms with E-state index in [0.29, 0.717) is 33.3 Å². The molecule has 0 aliphatic heterocycles. The van der Waals surface area contributed by atoms with Crippen LogP contribution < -0.4 is 9.30 Å². The first-order valence-electron chi connectivity index (χ1n) is 35.9. The van der Waals surface area contributed by atoms with Crippen LogP contribution in [0.3, 0.4) is 0 Å². The number of nitrogens with zero attached hydrogens (tertiary/aromatic N) is 4. The minimum atomic E-state index is -2.82. The third kappa shape index (κ3) is 11.9. The summed E-state index contributed by atoms with van der Waals surface area (Å²) in [7, 11) is 0.